The maximum Gasteiger partial charge on any atom is 0.360 e. The fraction of sp³-hybridized carbons (Fsp3) is 0.182. The first kappa shape index (κ1) is 22.5. The van der Waals surface area contributed by atoms with E-state index in [1.807, 2.05) is 0 Å². The van der Waals surface area contributed by atoms with Gasteiger partial charge in [-0.15, -0.1) is 0 Å². The Morgan fingerprint density at radius 1 is 1.03 bits per heavy atom. The molecule has 0 atom stereocenters. The van der Waals surface area contributed by atoms with Crippen molar-refractivity contribution in [2.45, 2.75) is 6.92 Å². The Balaban J connectivity index is 2.04. The third-order valence-corrected chi connectivity index (χ3v) is 4.33. The van der Waals surface area contributed by atoms with Gasteiger partial charge in [-0.2, -0.15) is 9.78 Å². The lowest BCUT2D eigenvalue weighted by atomic mass is 10.1. The van der Waals surface area contributed by atoms with Crippen molar-refractivity contribution < 1.29 is 28.2 Å². The first-order valence-electron chi connectivity index (χ1n) is 9.48. The van der Waals surface area contributed by atoms with Crippen LogP contribution in [0.1, 0.15) is 27.8 Å². The largest absolute Gasteiger partial charge is 0.497 e. The van der Waals surface area contributed by atoms with E-state index in [2.05, 4.69) is 10.4 Å². The van der Waals surface area contributed by atoms with Gasteiger partial charge in [0.15, 0.2) is 5.69 Å². The van der Waals surface area contributed by atoms with Gasteiger partial charge < -0.3 is 19.5 Å². The first-order valence-corrected chi connectivity index (χ1v) is 9.48. The highest BCUT2D eigenvalue weighted by Gasteiger charge is 2.21. The molecule has 0 aliphatic heterocycles. The molecule has 0 aliphatic carbocycles. The fourth-order valence-corrected chi connectivity index (χ4v) is 2.80. The number of nitrogens with zero attached hydrogens (tertiary/aromatic N) is 2. The Kier molecular flexibility index (Phi) is 6.83. The summed E-state index contributed by atoms with van der Waals surface area (Å²) in [5, 5.41) is 6.56. The molecule has 1 aromatic heterocycles. The van der Waals surface area contributed by atoms with E-state index < -0.39 is 23.3 Å². The smallest absolute Gasteiger partial charge is 0.360 e. The Labute approximate surface area is 182 Å². The number of nitrogens with one attached hydrogen (secondary N) is 1. The number of ether oxygens (including phenoxy) is 3. The van der Waals surface area contributed by atoms with E-state index in [4.69, 9.17) is 14.2 Å². The SMILES string of the molecule is CCOC(=O)c1nn(-c2ccc(F)cc2)c(=O)cc1NC(=O)c1cc(OC)cc(OC)c1. The van der Waals surface area contributed by atoms with Crippen LogP contribution in [0.2, 0.25) is 0 Å². The molecule has 0 bridgehead atoms. The molecular formula is C22H20FN3O6. The van der Waals surface area contributed by atoms with Gasteiger partial charge in [0, 0.05) is 17.7 Å². The first-order chi connectivity index (χ1) is 15.4. The third kappa shape index (κ3) is 4.91. The number of aromatic nitrogens is 2. The molecule has 0 radical (unpaired) electrons. The summed E-state index contributed by atoms with van der Waals surface area (Å²) in [5.41, 5.74) is -0.683. The lowest BCUT2D eigenvalue weighted by Crippen LogP contribution is -2.27. The summed E-state index contributed by atoms with van der Waals surface area (Å²) in [7, 11) is 2.88. The van der Waals surface area contributed by atoms with E-state index in [0.717, 1.165) is 22.9 Å². The van der Waals surface area contributed by atoms with E-state index in [9.17, 15) is 18.8 Å². The molecule has 0 saturated carbocycles. The number of amides is 1. The van der Waals surface area contributed by atoms with Gasteiger partial charge in [-0.25, -0.2) is 9.18 Å². The van der Waals surface area contributed by atoms with Gasteiger partial charge >= 0.3 is 5.97 Å². The molecule has 0 aliphatic rings. The molecule has 10 heteroatoms. The molecule has 0 unspecified atom stereocenters. The second-order valence-electron chi connectivity index (χ2n) is 6.41. The maximum atomic E-state index is 13.2. The lowest BCUT2D eigenvalue weighted by molar-refractivity contribution is 0.0518. The predicted octanol–water partition coefficient (Wildman–Crippen LogP) is 2.82. The van der Waals surface area contributed by atoms with Crippen LogP contribution < -0.4 is 20.3 Å². The van der Waals surface area contributed by atoms with Crippen LogP contribution in [0.4, 0.5) is 10.1 Å². The molecule has 32 heavy (non-hydrogen) atoms. The topological polar surface area (TPSA) is 109 Å². The quantitative estimate of drug-likeness (QED) is 0.562. The van der Waals surface area contributed by atoms with Gasteiger partial charge in [-0.05, 0) is 43.3 Å². The highest BCUT2D eigenvalue weighted by atomic mass is 19.1. The minimum absolute atomic E-state index is 0.0522. The second-order valence-corrected chi connectivity index (χ2v) is 6.41. The van der Waals surface area contributed by atoms with Crippen LogP contribution in [0.15, 0.2) is 53.3 Å². The standard InChI is InChI=1S/C22H20FN3O6/c1-4-32-22(29)20-18(12-19(27)26(25-20)15-7-5-14(23)6-8-15)24-21(28)13-9-16(30-2)11-17(10-13)31-3/h5-12H,4H2,1-3H3,(H,24,28). The molecule has 2 aromatic carbocycles. The molecule has 1 heterocycles. The van der Waals surface area contributed by atoms with Gasteiger partial charge in [0.05, 0.1) is 32.2 Å². The summed E-state index contributed by atoms with van der Waals surface area (Å²) in [6, 6.07) is 10.5. The van der Waals surface area contributed by atoms with Gasteiger partial charge in [0.1, 0.15) is 17.3 Å². The zero-order valence-electron chi connectivity index (χ0n) is 17.5. The van der Waals surface area contributed by atoms with E-state index in [1.165, 1.54) is 38.5 Å². The summed E-state index contributed by atoms with van der Waals surface area (Å²) in [6.07, 6.45) is 0. The van der Waals surface area contributed by atoms with Crippen molar-refractivity contribution in [2.75, 3.05) is 26.1 Å². The van der Waals surface area contributed by atoms with E-state index >= 15 is 0 Å². The van der Waals surface area contributed by atoms with Crippen LogP contribution in [0.25, 0.3) is 5.69 Å². The Bertz CT molecular complexity index is 1190. The number of benzene rings is 2. The van der Waals surface area contributed by atoms with Gasteiger partial charge in [0.25, 0.3) is 11.5 Å². The average molecular weight is 441 g/mol. The number of methoxy groups -OCH3 is 2. The average Bonchev–Trinajstić information content (AvgIpc) is 2.79. The van der Waals surface area contributed by atoms with E-state index in [1.54, 1.807) is 13.0 Å². The second kappa shape index (κ2) is 9.73. The van der Waals surface area contributed by atoms with E-state index in [0.29, 0.717) is 11.5 Å². The van der Waals surface area contributed by atoms with E-state index in [-0.39, 0.29) is 29.2 Å². The summed E-state index contributed by atoms with van der Waals surface area (Å²) in [5.74, 6) is -1.21. The minimum atomic E-state index is -0.845. The zero-order chi connectivity index (χ0) is 23.3. The normalized spacial score (nSPS) is 10.4. The summed E-state index contributed by atoms with van der Waals surface area (Å²) in [4.78, 5) is 38.0. The van der Waals surface area contributed by atoms with Crippen LogP contribution in [0.5, 0.6) is 11.5 Å². The molecule has 166 valence electrons. The molecule has 0 spiro atoms. The maximum absolute atomic E-state index is 13.2. The number of hydrogen-bond donors (Lipinski definition) is 1. The molecule has 9 nitrogen and oxygen atoms in total. The minimum Gasteiger partial charge on any atom is -0.497 e. The predicted molar refractivity (Wildman–Crippen MR) is 113 cm³/mol. The van der Waals surface area contributed by atoms with Crippen molar-refractivity contribution in [2.24, 2.45) is 0 Å². The highest BCUT2D eigenvalue weighted by Crippen LogP contribution is 2.24. The van der Waals surface area contributed by atoms with Gasteiger partial charge in [-0.1, -0.05) is 0 Å². The van der Waals surface area contributed by atoms with Crippen LogP contribution in [-0.4, -0.2) is 42.5 Å². The van der Waals surface area contributed by atoms with Crippen molar-refractivity contribution in [1.82, 2.24) is 9.78 Å². The van der Waals surface area contributed by atoms with Crippen LogP contribution >= 0.6 is 0 Å². The monoisotopic (exact) mass is 441 g/mol. The number of hydrogen-bond acceptors (Lipinski definition) is 7. The Morgan fingerprint density at radius 3 is 2.22 bits per heavy atom. The zero-order valence-corrected chi connectivity index (χ0v) is 17.5. The Morgan fingerprint density at radius 2 is 1.66 bits per heavy atom. The molecule has 0 saturated heterocycles. The summed E-state index contributed by atoms with van der Waals surface area (Å²) < 4.78 is 29.5. The molecule has 1 N–H and O–H groups in total. The third-order valence-electron chi connectivity index (χ3n) is 4.33. The summed E-state index contributed by atoms with van der Waals surface area (Å²) >= 11 is 0. The van der Waals surface area contributed by atoms with Crippen molar-refractivity contribution in [3.8, 4) is 17.2 Å². The molecule has 0 fully saturated rings. The molecule has 3 aromatic rings. The van der Waals surface area contributed by atoms with Gasteiger partial charge in [0.2, 0.25) is 0 Å². The number of carbonyl (C=O) groups excluding carboxylic acids is 2. The van der Waals surface area contributed by atoms with Crippen LogP contribution in [0, 0.1) is 5.82 Å². The number of halogens is 1. The van der Waals surface area contributed by atoms with Crippen LogP contribution in [0.3, 0.4) is 0 Å². The van der Waals surface area contributed by atoms with Crippen molar-refractivity contribution in [3.05, 3.63) is 76.0 Å². The summed E-state index contributed by atoms with van der Waals surface area (Å²) in [6.45, 7) is 1.66. The number of rotatable bonds is 7. The van der Waals surface area contributed by atoms with Crippen molar-refractivity contribution >= 4 is 17.6 Å². The number of esters is 1. The number of carbonyl (C=O) groups is 2. The molecule has 3 rings (SSSR count). The van der Waals surface area contributed by atoms with Crippen LogP contribution in [-0.2, 0) is 4.74 Å². The molecule has 1 amide bonds. The Hall–Kier alpha value is -4.21. The van der Waals surface area contributed by atoms with Crippen molar-refractivity contribution in [1.29, 1.82) is 0 Å². The number of anilines is 1. The lowest BCUT2D eigenvalue weighted by Gasteiger charge is -2.13. The fourth-order valence-electron chi connectivity index (χ4n) is 2.80. The van der Waals surface area contributed by atoms with Gasteiger partial charge in [-0.3, -0.25) is 9.59 Å². The highest BCUT2D eigenvalue weighted by molar-refractivity contribution is 6.07. The van der Waals surface area contributed by atoms with Crippen molar-refractivity contribution in [3.63, 3.8) is 0 Å². The molecular weight excluding hydrogens is 421 g/mol.